The van der Waals surface area contributed by atoms with Crippen molar-refractivity contribution in [1.29, 1.82) is 0 Å². The molecule has 27 heavy (non-hydrogen) atoms. The molecule has 0 radical (unpaired) electrons. The minimum Gasteiger partial charge on any atom is -0.468 e. The molecule has 2 atom stereocenters. The summed E-state index contributed by atoms with van der Waals surface area (Å²) in [6, 6.07) is 14.8. The number of benzene rings is 1. The molecule has 0 bridgehead atoms. The fraction of sp³-hybridized carbons (Fsp3) is 0.522. The first-order chi connectivity index (χ1) is 13.3. The van der Waals surface area contributed by atoms with Crippen LogP contribution in [0.4, 0.5) is 0 Å². The summed E-state index contributed by atoms with van der Waals surface area (Å²) in [7, 11) is 0. The summed E-state index contributed by atoms with van der Waals surface area (Å²) < 4.78 is 5.55. The number of hydrogen-bond donors (Lipinski definition) is 0. The van der Waals surface area contributed by atoms with E-state index in [1.807, 2.05) is 18.2 Å². The van der Waals surface area contributed by atoms with Crippen molar-refractivity contribution in [3.8, 4) is 0 Å². The van der Waals surface area contributed by atoms with Crippen molar-refractivity contribution in [3.05, 3.63) is 60.1 Å². The minimum atomic E-state index is 0.286. The van der Waals surface area contributed by atoms with Crippen LogP contribution in [0, 0.1) is 5.92 Å². The van der Waals surface area contributed by atoms with Gasteiger partial charge in [0.05, 0.1) is 19.4 Å². The molecule has 1 saturated heterocycles. The van der Waals surface area contributed by atoms with Gasteiger partial charge in [-0.3, -0.25) is 9.69 Å². The van der Waals surface area contributed by atoms with Crippen LogP contribution in [0.5, 0.6) is 0 Å². The van der Waals surface area contributed by atoms with Crippen LogP contribution in [-0.2, 0) is 17.9 Å². The molecule has 2 unspecified atom stereocenters. The summed E-state index contributed by atoms with van der Waals surface area (Å²) in [6.45, 7) is 2.81. The number of likely N-dealkylation sites (tertiary alicyclic amines) is 1. The Balaban J connectivity index is 1.45. The summed E-state index contributed by atoms with van der Waals surface area (Å²) in [6.07, 6.45) is 9.25. The SMILES string of the molecule is O=C(CN(Cc1ccccc1)Cc1ccco1)N1CCCC2CCCCC21. The highest BCUT2D eigenvalue weighted by molar-refractivity contribution is 5.78. The maximum absolute atomic E-state index is 13.2. The van der Waals surface area contributed by atoms with E-state index in [1.54, 1.807) is 6.26 Å². The largest absolute Gasteiger partial charge is 0.468 e. The van der Waals surface area contributed by atoms with E-state index in [4.69, 9.17) is 4.42 Å². The standard InChI is InChI=1S/C23H30N2O2/c26-23(25-14-6-11-20-10-4-5-13-22(20)25)18-24(17-21-12-7-15-27-21)16-19-8-2-1-3-9-19/h1-3,7-9,12,15,20,22H,4-6,10-11,13-14,16-18H2. The van der Waals surface area contributed by atoms with Crippen LogP contribution < -0.4 is 0 Å². The normalized spacial score (nSPS) is 22.6. The Morgan fingerprint density at radius 2 is 1.81 bits per heavy atom. The van der Waals surface area contributed by atoms with E-state index in [2.05, 4.69) is 34.1 Å². The molecule has 2 fully saturated rings. The zero-order chi connectivity index (χ0) is 18.5. The Morgan fingerprint density at radius 3 is 2.63 bits per heavy atom. The predicted octanol–water partition coefficient (Wildman–Crippen LogP) is 4.46. The van der Waals surface area contributed by atoms with Gasteiger partial charge >= 0.3 is 0 Å². The van der Waals surface area contributed by atoms with E-state index in [9.17, 15) is 4.79 Å². The smallest absolute Gasteiger partial charge is 0.237 e. The molecule has 1 aliphatic carbocycles. The van der Waals surface area contributed by atoms with Crippen LogP contribution in [0.3, 0.4) is 0 Å². The first-order valence-corrected chi connectivity index (χ1v) is 10.4. The van der Waals surface area contributed by atoms with E-state index < -0.39 is 0 Å². The molecule has 1 aromatic carbocycles. The lowest BCUT2D eigenvalue weighted by atomic mass is 9.78. The first kappa shape index (κ1) is 18.3. The lowest BCUT2D eigenvalue weighted by Gasteiger charge is -2.44. The van der Waals surface area contributed by atoms with E-state index in [-0.39, 0.29) is 5.91 Å². The van der Waals surface area contributed by atoms with Crippen molar-refractivity contribution >= 4 is 5.91 Å². The molecule has 1 saturated carbocycles. The molecule has 2 aliphatic rings. The molecule has 4 rings (SSSR count). The third kappa shape index (κ3) is 4.62. The molecule has 2 heterocycles. The molecule has 1 aliphatic heterocycles. The van der Waals surface area contributed by atoms with Gasteiger partial charge in [0.1, 0.15) is 5.76 Å². The zero-order valence-corrected chi connectivity index (χ0v) is 16.1. The second-order valence-corrected chi connectivity index (χ2v) is 8.05. The highest BCUT2D eigenvalue weighted by atomic mass is 16.3. The minimum absolute atomic E-state index is 0.286. The molecule has 0 spiro atoms. The van der Waals surface area contributed by atoms with Crippen molar-refractivity contribution in [2.24, 2.45) is 5.92 Å². The highest BCUT2D eigenvalue weighted by Crippen LogP contribution is 2.35. The monoisotopic (exact) mass is 366 g/mol. The van der Waals surface area contributed by atoms with Crippen LogP contribution in [0.15, 0.2) is 53.1 Å². The van der Waals surface area contributed by atoms with E-state index in [0.717, 1.165) is 31.2 Å². The molecule has 4 nitrogen and oxygen atoms in total. The van der Waals surface area contributed by atoms with E-state index in [0.29, 0.717) is 19.1 Å². The van der Waals surface area contributed by atoms with Gasteiger partial charge in [-0.25, -0.2) is 0 Å². The van der Waals surface area contributed by atoms with Gasteiger partial charge in [0, 0.05) is 19.1 Å². The third-order valence-electron chi connectivity index (χ3n) is 6.13. The maximum atomic E-state index is 13.2. The Hall–Kier alpha value is -2.07. The van der Waals surface area contributed by atoms with Crippen molar-refractivity contribution in [2.45, 2.75) is 57.7 Å². The molecule has 1 amide bonds. The average Bonchev–Trinajstić information content (AvgIpc) is 3.21. The second kappa shape index (κ2) is 8.75. The van der Waals surface area contributed by atoms with Gasteiger partial charge in [0.25, 0.3) is 0 Å². The number of rotatable bonds is 6. The summed E-state index contributed by atoms with van der Waals surface area (Å²) in [5, 5.41) is 0. The van der Waals surface area contributed by atoms with E-state index in [1.165, 1.54) is 37.7 Å². The topological polar surface area (TPSA) is 36.7 Å². The van der Waals surface area contributed by atoms with Crippen molar-refractivity contribution in [3.63, 3.8) is 0 Å². The van der Waals surface area contributed by atoms with Gasteiger partial charge in [-0.15, -0.1) is 0 Å². The summed E-state index contributed by atoms with van der Waals surface area (Å²) in [5.41, 5.74) is 1.23. The van der Waals surface area contributed by atoms with Crippen LogP contribution in [0.1, 0.15) is 49.8 Å². The quantitative estimate of drug-likeness (QED) is 0.757. The molecule has 2 aromatic rings. The van der Waals surface area contributed by atoms with Gasteiger partial charge in [-0.2, -0.15) is 0 Å². The van der Waals surface area contributed by atoms with Crippen molar-refractivity contribution in [2.75, 3.05) is 13.1 Å². The number of carbonyl (C=O) groups excluding carboxylic acids is 1. The number of furan rings is 1. The Kier molecular flexibility index (Phi) is 5.93. The fourth-order valence-electron chi connectivity index (χ4n) is 4.85. The molecule has 4 heteroatoms. The molecule has 0 N–H and O–H groups in total. The predicted molar refractivity (Wildman–Crippen MR) is 106 cm³/mol. The van der Waals surface area contributed by atoms with Gasteiger partial charge in [0.2, 0.25) is 5.91 Å². The van der Waals surface area contributed by atoms with Gasteiger partial charge in [-0.1, -0.05) is 43.2 Å². The first-order valence-electron chi connectivity index (χ1n) is 10.4. The molecular formula is C23H30N2O2. The van der Waals surface area contributed by atoms with Gasteiger partial charge in [-0.05, 0) is 49.3 Å². The lowest BCUT2D eigenvalue weighted by Crippen LogP contribution is -2.52. The maximum Gasteiger partial charge on any atom is 0.237 e. The zero-order valence-electron chi connectivity index (χ0n) is 16.1. The highest BCUT2D eigenvalue weighted by Gasteiger charge is 2.35. The Morgan fingerprint density at radius 1 is 1.00 bits per heavy atom. The third-order valence-corrected chi connectivity index (χ3v) is 6.13. The number of hydrogen-bond acceptors (Lipinski definition) is 3. The number of fused-ring (bicyclic) bond motifs is 1. The average molecular weight is 367 g/mol. The molecule has 1 aromatic heterocycles. The van der Waals surface area contributed by atoms with Gasteiger partial charge < -0.3 is 9.32 Å². The number of nitrogens with zero attached hydrogens (tertiary/aromatic N) is 2. The van der Waals surface area contributed by atoms with Crippen LogP contribution in [0.25, 0.3) is 0 Å². The number of amides is 1. The second-order valence-electron chi connectivity index (χ2n) is 8.05. The van der Waals surface area contributed by atoms with Crippen LogP contribution >= 0.6 is 0 Å². The number of carbonyl (C=O) groups is 1. The Labute approximate surface area is 162 Å². The van der Waals surface area contributed by atoms with Crippen LogP contribution in [0.2, 0.25) is 0 Å². The molecule has 144 valence electrons. The van der Waals surface area contributed by atoms with Crippen molar-refractivity contribution in [1.82, 2.24) is 9.80 Å². The van der Waals surface area contributed by atoms with Crippen LogP contribution in [-0.4, -0.2) is 34.8 Å². The Bertz CT molecular complexity index is 711. The fourth-order valence-corrected chi connectivity index (χ4v) is 4.85. The summed E-state index contributed by atoms with van der Waals surface area (Å²) in [4.78, 5) is 17.6. The molecular weight excluding hydrogens is 336 g/mol. The van der Waals surface area contributed by atoms with Gasteiger partial charge in [0.15, 0.2) is 0 Å². The summed E-state index contributed by atoms with van der Waals surface area (Å²) >= 11 is 0. The number of piperidine rings is 1. The lowest BCUT2D eigenvalue weighted by molar-refractivity contribution is -0.139. The van der Waals surface area contributed by atoms with E-state index >= 15 is 0 Å². The summed E-state index contributed by atoms with van der Waals surface area (Å²) in [5.74, 6) is 1.92. The van der Waals surface area contributed by atoms with Crippen molar-refractivity contribution < 1.29 is 9.21 Å².